The monoisotopic (exact) mass is 263 g/mol. The Labute approximate surface area is 97.5 Å². The van der Waals surface area contributed by atoms with E-state index in [2.05, 4.69) is 20.5 Å². The van der Waals surface area contributed by atoms with E-state index in [4.69, 9.17) is 5.84 Å². The van der Waals surface area contributed by atoms with Crippen LogP contribution in [0.25, 0.3) is 0 Å². The maximum absolute atomic E-state index is 11.2. The molecule has 0 aromatic carbocycles. The molecule has 0 radical (unpaired) electrons. The van der Waals surface area contributed by atoms with Gasteiger partial charge in [0.05, 0.1) is 18.1 Å². The van der Waals surface area contributed by atoms with Gasteiger partial charge in [-0.25, -0.2) is 14.3 Å². The molecule has 9 heteroatoms. The Morgan fingerprint density at radius 1 is 1.38 bits per heavy atom. The predicted octanol–water partition coefficient (Wildman–Crippen LogP) is -0.946. The van der Waals surface area contributed by atoms with E-state index >= 15 is 0 Å². The predicted molar refractivity (Wildman–Crippen MR) is 61.6 cm³/mol. The number of hydrazine groups is 1. The third kappa shape index (κ3) is 2.88. The van der Waals surface area contributed by atoms with Crippen LogP contribution in [0.4, 0.5) is 5.13 Å². The van der Waals surface area contributed by atoms with Gasteiger partial charge in [-0.05, 0) is 0 Å². The number of nitrogens with two attached hydrogens (primary N) is 1. The quantitative estimate of drug-likeness (QED) is 0.536. The van der Waals surface area contributed by atoms with E-state index in [1.165, 1.54) is 11.3 Å². The van der Waals surface area contributed by atoms with E-state index in [0.717, 1.165) is 5.01 Å². The van der Waals surface area contributed by atoms with Gasteiger partial charge in [0.1, 0.15) is 5.01 Å². The summed E-state index contributed by atoms with van der Waals surface area (Å²) in [7, 11) is -2.81. The summed E-state index contributed by atoms with van der Waals surface area (Å²) in [4.78, 5) is 2.06. The Hall–Kier alpha value is -0.770. The summed E-state index contributed by atoms with van der Waals surface area (Å²) >= 11 is 1.38. The van der Waals surface area contributed by atoms with Crippen molar-refractivity contribution in [1.82, 2.24) is 15.1 Å². The summed E-state index contributed by atoms with van der Waals surface area (Å²) in [6.07, 6.45) is 0. The molecule has 1 aliphatic rings. The van der Waals surface area contributed by atoms with Crippen molar-refractivity contribution in [2.24, 2.45) is 5.84 Å². The third-order valence-corrected chi connectivity index (χ3v) is 4.83. The Balaban J connectivity index is 1.91. The van der Waals surface area contributed by atoms with Gasteiger partial charge < -0.3 is 0 Å². The highest BCUT2D eigenvalue weighted by atomic mass is 32.2. The molecule has 1 aromatic rings. The molecule has 0 spiro atoms. The number of hydrogen-bond acceptors (Lipinski definition) is 8. The van der Waals surface area contributed by atoms with Gasteiger partial charge in [0.2, 0.25) is 5.13 Å². The van der Waals surface area contributed by atoms with Crippen molar-refractivity contribution in [3.63, 3.8) is 0 Å². The van der Waals surface area contributed by atoms with Crippen molar-refractivity contribution >= 4 is 26.3 Å². The highest BCUT2D eigenvalue weighted by Gasteiger charge is 2.22. The van der Waals surface area contributed by atoms with Crippen LogP contribution in [0.3, 0.4) is 0 Å². The van der Waals surface area contributed by atoms with Crippen molar-refractivity contribution in [3.05, 3.63) is 5.01 Å². The van der Waals surface area contributed by atoms with Crippen LogP contribution in [0, 0.1) is 0 Å². The third-order valence-electron chi connectivity index (χ3n) is 2.39. The van der Waals surface area contributed by atoms with Gasteiger partial charge >= 0.3 is 0 Å². The van der Waals surface area contributed by atoms with Crippen molar-refractivity contribution in [2.75, 3.05) is 30.0 Å². The van der Waals surface area contributed by atoms with Crippen molar-refractivity contribution in [1.29, 1.82) is 0 Å². The molecular formula is C7H13N5O2S2. The number of rotatable bonds is 3. The second kappa shape index (κ2) is 4.62. The molecule has 3 N–H and O–H groups in total. The zero-order valence-electron chi connectivity index (χ0n) is 8.59. The van der Waals surface area contributed by atoms with E-state index in [-0.39, 0.29) is 11.5 Å². The summed E-state index contributed by atoms with van der Waals surface area (Å²) in [5.41, 5.74) is 2.43. The van der Waals surface area contributed by atoms with Crippen molar-refractivity contribution in [3.8, 4) is 0 Å². The number of hydrogen-bond donors (Lipinski definition) is 2. The average molecular weight is 263 g/mol. The Bertz CT molecular complexity index is 443. The first-order valence-electron chi connectivity index (χ1n) is 4.81. The molecule has 0 saturated carbocycles. The average Bonchev–Trinajstić information content (AvgIpc) is 2.69. The molecule has 1 saturated heterocycles. The minimum absolute atomic E-state index is 0.230. The maximum Gasteiger partial charge on any atom is 0.219 e. The first-order valence-corrected chi connectivity index (χ1v) is 7.44. The van der Waals surface area contributed by atoms with Gasteiger partial charge in [-0.1, -0.05) is 11.3 Å². The smallest absolute Gasteiger partial charge is 0.219 e. The van der Waals surface area contributed by atoms with Crippen LogP contribution in [0.1, 0.15) is 5.01 Å². The molecule has 2 rings (SSSR count). The SMILES string of the molecule is NNc1nnc(CN2CCS(=O)(=O)CC2)s1. The summed E-state index contributed by atoms with van der Waals surface area (Å²) in [5, 5.41) is 9.18. The lowest BCUT2D eigenvalue weighted by Crippen LogP contribution is -2.39. The maximum atomic E-state index is 11.2. The lowest BCUT2D eigenvalue weighted by molar-refractivity contribution is 0.286. The molecular weight excluding hydrogens is 250 g/mol. The number of sulfone groups is 1. The molecule has 2 heterocycles. The fraction of sp³-hybridized carbons (Fsp3) is 0.714. The van der Waals surface area contributed by atoms with Crippen LogP contribution < -0.4 is 11.3 Å². The second-order valence-electron chi connectivity index (χ2n) is 3.57. The molecule has 1 fully saturated rings. The molecule has 0 bridgehead atoms. The van der Waals surface area contributed by atoms with Crippen LogP contribution in [0.2, 0.25) is 0 Å². The fourth-order valence-corrected chi connectivity index (χ4v) is 3.44. The summed E-state index contributed by atoms with van der Waals surface area (Å²) < 4.78 is 22.4. The minimum Gasteiger partial charge on any atom is -0.298 e. The molecule has 1 aliphatic heterocycles. The summed E-state index contributed by atoms with van der Waals surface area (Å²) in [6, 6.07) is 0. The van der Waals surface area contributed by atoms with Gasteiger partial charge in [-0.15, -0.1) is 10.2 Å². The van der Waals surface area contributed by atoms with Gasteiger partial charge in [0, 0.05) is 13.1 Å². The molecule has 1 aromatic heterocycles. The van der Waals surface area contributed by atoms with Crippen LogP contribution in [-0.4, -0.2) is 48.1 Å². The normalized spacial score (nSPS) is 20.8. The molecule has 0 atom stereocenters. The summed E-state index contributed by atoms with van der Waals surface area (Å²) in [5.74, 6) is 5.66. The topological polar surface area (TPSA) is 101 Å². The van der Waals surface area contributed by atoms with E-state index in [1.807, 2.05) is 0 Å². The van der Waals surface area contributed by atoms with Gasteiger partial charge in [-0.2, -0.15) is 0 Å². The van der Waals surface area contributed by atoms with Crippen LogP contribution in [-0.2, 0) is 16.4 Å². The molecule has 0 aliphatic carbocycles. The Morgan fingerprint density at radius 2 is 2.06 bits per heavy atom. The van der Waals surface area contributed by atoms with Crippen LogP contribution in [0.15, 0.2) is 0 Å². The second-order valence-corrected chi connectivity index (χ2v) is 6.94. The largest absolute Gasteiger partial charge is 0.298 e. The fourth-order valence-electron chi connectivity index (χ4n) is 1.48. The van der Waals surface area contributed by atoms with Crippen LogP contribution in [0.5, 0.6) is 0 Å². The highest BCUT2D eigenvalue weighted by Crippen LogP contribution is 2.16. The van der Waals surface area contributed by atoms with Gasteiger partial charge in [0.25, 0.3) is 0 Å². The molecule has 16 heavy (non-hydrogen) atoms. The summed E-state index contributed by atoms with van der Waals surface area (Å²) in [6.45, 7) is 1.76. The number of anilines is 1. The van der Waals surface area contributed by atoms with Gasteiger partial charge in [-0.3, -0.25) is 10.3 Å². The van der Waals surface area contributed by atoms with E-state index in [0.29, 0.717) is 24.8 Å². The lowest BCUT2D eigenvalue weighted by Gasteiger charge is -2.25. The van der Waals surface area contributed by atoms with Crippen LogP contribution >= 0.6 is 11.3 Å². The first kappa shape index (κ1) is 11.7. The standard InChI is InChI=1S/C7H13N5O2S2/c8-9-7-11-10-6(15-7)5-12-1-3-16(13,14)4-2-12/h1-5,8H2,(H,9,11). The number of aromatic nitrogens is 2. The molecule has 0 unspecified atom stereocenters. The van der Waals surface area contributed by atoms with Gasteiger partial charge in [0.15, 0.2) is 9.84 Å². The number of nitrogens with zero attached hydrogens (tertiary/aromatic N) is 3. The Morgan fingerprint density at radius 3 is 2.62 bits per heavy atom. The zero-order chi connectivity index (χ0) is 11.6. The van der Waals surface area contributed by atoms with E-state index in [9.17, 15) is 8.42 Å². The highest BCUT2D eigenvalue weighted by molar-refractivity contribution is 7.91. The van der Waals surface area contributed by atoms with Crippen molar-refractivity contribution in [2.45, 2.75) is 6.54 Å². The molecule has 0 amide bonds. The molecule has 7 nitrogen and oxygen atoms in total. The van der Waals surface area contributed by atoms with E-state index < -0.39 is 9.84 Å². The first-order chi connectivity index (χ1) is 7.59. The minimum atomic E-state index is -2.81. The zero-order valence-corrected chi connectivity index (χ0v) is 10.2. The number of nitrogens with one attached hydrogen (secondary N) is 1. The van der Waals surface area contributed by atoms with Crippen molar-refractivity contribution < 1.29 is 8.42 Å². The Kier molecular flexibility index (Phi) is 3.38. The van der Waals surface area contributed by atoms with E-state index in [1.54, 1.807) is 0 Å². The lowest BCUT2D eigenvalue weighted by atomic mass is 10.5. The number of nitrogen functional groups attached to an aromatic ring is 1. The molecule has 90 valence electrons.